The highest BCUT2D eigenvalue weighted by Crippen LogP contribution is 2.45. The zero-order chi connectivity index (χ0) is 19.0. The van der Waals surface area contributed by atoms with Crippen molar-refractivity contribution in [3.8, 4) is 0 Å². The van der Waals surface area contributed by atoms with E-state index >= 15 is 0 Å². The molecule has 1 spiro atoms. The predicted molar refractivity (Wildman–Crippen MR) is 109 cm³/mol. The van der Waals surface area contributed by atoms with Gasteiger partial charge >= 0.3 is 0 Å². The molecule has 1 aromatic carbocycles. The van der Waals surface area contributed by atoms with Crippen LogP contribution in [0.1, 0.15) is 44.9 Å². The minimum atomic E-state index is -0.310. The number of amides is 1. The summed E-state index contributed by atoms with van der Waals surface area (Å²) in [6, 6.07) is 6.05. The van der Waals surface area contributed by atoms with Gasteiger partial charge in [-0.1, -0.05) is 28.1 Å². The fraction of sp³-hybridized carbons (Fsp3) is 0.619. The van der Waals surface area contributed by atoms with E-state index in [1.807, 2.05) is 18.2 Å². The van der Waals surface area contributed by atoms with Gasteiger partial charge in [-0.15, -0.1) is 0 Å². The number of halogens is 1. The van der Waals surface area contributed by atoms with Gasteiger partial charge in [-0.25, -0.2) is 4.85 Å². The van der Waals surface area contributed by atoms with Crippen LogP contribution in [0.4, 0.5) is 11.4 Å². The second-order valence-electron chi connectivity index (χ2n) is 8.26. The quantitative estimate of drug-likeness (QED) is 0.716. The van der Waals surface area contributed by atoms with Crippen molar-refractivity contribution in [1.82, 2.24) is 4.90 Å². The Morgan fingerprint density at radius 1 is 1.19 bits per heavy atom. The van der Waals surface area contributed by atoms with E-state index in [1.165, 1.54) is 0 Å². The van der Waals surface area contributed by atoms with E-state index in [9.17, 15) is 9.90 Å². The van der Waals surface area contributed by atoms with E-state index < -0.39 is 0 Å². The molecule has 2 aliphatic heterocycles. The fourth-order valence-electron chi connectivity index (χ4n) is 5.13. The number of benzene rings is 1. The zero-order valence-electron chi connectivity index (χ0n) is 15.5. The summed E-state index contributed by atoms with van der Waals surface area (Å²) in [5.41, 5.74) is 1.28. The summed E-state index contributed by atoms with van der Waals surface area (Å²) in [7, 11) is 0. The highest BCUT2D eigenvalue weighted by atomic mass is 79.9. The molecule has 27 heavy (non-hydrogen) atoms. The number of piperidine rings is 1. The Bertz CT molecular complexity index is 769. The molecule has 1 aromatic rings. The normalized spacial score (nSPS) is 31.4. The average molecular weight is 432 g/mol. The van der Waals surface area contributed by atoms with Crippen molar-refractivity contribution in [3.05, 3.63) is 34.1 Å². The number of aliphatic hydroxyl groups is 1. The Labute approximate surface area is 169 Å². The molecular formula is C21H26BrN3O2. The molecular weight excluding hydrogens is 406 g/mol. The van der Waals surface area contributed by atoms with Gasteiger partial charge in [-0.05, 0) is 51.0 Å². The summed E-state index contributed by atoms with van der Waals surface area (Å²) in [4.78, 5) is 21.5. The van der Waals surface area contributed by atoms with Crippen LogP contribution in [-0.2, 0) is 4.79 Å². The van der Waals surface area contributed by atoms with Crippen molar-refractivity contribution in [1.29, 1.82) is 0 Å². The monoisotopic (exact) mass is 431 g/mol. The molecule has 0 bridgehead atoms. The lowest BCUT2D eigenvalue weighted by molar-refractivity contribution is -0.139. The molecule has 1 atom stereocenters. The van der Waals surface area contributed by atoms with E-state index in [0.29, 0.717) is 24.2 Å². The minimum Gasteiger partial charge on any atom is -0.393 e. The topological polar surface area (TPSA) is 48.1 Å². The van der Waals surface area contributed by atoms with Crippen LogP contribution in [0.15, 0.2) is 22.7 Å². The number of carbonyl (C=O) groups excluding carboxylic acids is 1. The Kier molecular flexibility index (Phi) is 5.17. The van der Waals surface area contributed by atoms with E-state index in [-0.39, 0.29) is 11.5 Å². The van der Waals surface area contributed by atoms with Crippen molar-refractivity contribution in [2.75, 3.05) is 24.5 Å². The van der Waals surface area contributed by atoms with Crippen LogP contribution < -0.4 is 4.90 Å². The first-order valence-corrected chi connectivity index (χ1v) is 10.7. The summed E-state index contributed by atoms with van der Waals surface area (Å²) in [5, 5.41) is 9.77. The van der Waals surface area contributed by atoms with Crippen LogP contribution in [0.2, 0.25) is 0 Å². The maximum atomic E-state index is 13.4. The van der Waals surface area contributed by atoms with Crippen LogP contribution in [0.25, 0.3) is 4.85 Å². The van der Waals surface area contributed by atoms with Crippen molar-refractivity contribution in [3.63, 3.8) is 0 Å². The van der Waals surface area contributed by atoms with E-state index in [1.54, 1.807) is 0 Å². The zero-order valence-corrected chi connectivity index (χ0v) is 17.1. The van der Waals surface area contributed by atoms with Gasteiger partial charge in [-0.3, -0.25) is 4.79 Å². The summed E-state index contributed by atoms with van der Waals surface area (Å²) in [5.74, 6) is 0.299. The van der Waals surface area contributed by atoms with Crippen molar-refractivity contribution < 1.29 is 9.90 Å². The van der Waals surface area contributed by atoms with Crippen LogP contribution in [-0.4, -0.2) is 47.7 Å². The van der Waals surface area contributed by atoms with Crippen molar-refractivity contribution >= 4 is 33.2 Å². The lowest BCUT2D eigenvalue weighted by atomic mass is 9.78. The highest BCUT2D eigenvalue weighted by Gasteiger charge is 2.50. The number of carbonyl (C=O) groups is 1. The predicted octanol–water partition coefficient (Wildman–Crippen LogP) is 4.12. The summed E-state index contributed by atoms with van der Waals surface area (Å²) < 4.78 is 0.963. The van der Waals surface area contributed by atoms with Crippen molar-refractivity contribution in [2.45, 2.75) is 57.1 Å². The number of anilines is 1. The Balaban J connectivity index is 1.54. The van der Waals surface area contributed by atoms with Gasteiger partial charge in [0.15, 0.2) is 0 Å². The number of hydrogen-bond donors (Lipinski definition) is 1. The molecule has 1 aliphatic carbocycles. The molecule has 0 radical (unpaired) electrons. The summed E-state index contributed by atoms with van der Waals surface area (Å²) in [6.07, 6.45) is 6.08. The maximum Gasteiger partial charge on any atom is 0.230 e. The second kappa shape index (κ2) is 7.44. The molecule has 1 saturated carbocycles. The molecule has 3 fully saturated rings. The van der Waals surface area contributed by atoms with E-state index in [2.05, 4.69) is 30.6 Å². The molecule has 6 heteroatoms. The molecule has 2 saturated heterocycles. The van der Waals surface area contributed by atoms with Crippen molar-refractivity contribution in [2.24, 2.45) is 5.41 Å². The van der Waals surface area contributed by atoms with Gasteiger partial charge in [0.05, 0.1) is 18.1 Å². The number of aliphatic hydroxyl groups excluding tert-OH is 1. The SMILES string of the molecule is [C-]#[N+]c1ccc(Br)cc1N1CCC[C@]2(CCN(C3CCC(O)CC3)C2=O)C1. The number of rotatable bonds is 2. The maximum absolute atomic E-state index is 13.4. The molecule has 1 amide bonds. The molecule has 144 valence electrons. The minimum absolute atomic E-state index is 0.193. The molecule has 2 heterocycles. The smallest absolute Gasteiger partial charge is 0.230 e. The second-order valence-corrected chi connectivity index (χ2v) is 9.18. The third-order valence-electron chi connectivity index (χ3n) is 6.63. The molecule has 5 nitrogen and oxygen atoms in total. The molecule has 3 aliphatic rings. The van der Waals surface area contributed by atoms with Gasteiger partial charge in [0.2, 0.25) is 11.6 Å². The lowest BCUT2D eigenvalue weighted by Gasteiger charge is -2.42. The Hall–Kier alpha value is -1.58. The largest absolute Gasteiger partial charge is 0.393 e. The van der Waals surface area contributed by atoms with Gasteiger partial charge < -0.3 is 14.9 Å². The fourth-order valence-corrected chi connectivity index (χ4v) is 5.48. The first kappa shape index (κ1) is 18.8. The average Bonchev–Trinajstić information content (AvgIpc) is 2.98. The number of likely N-dealkylation sites (tertiary alicyclic amines) is 1. The third kappa shape index (κ3) is 3.48. The standard InChI is InChI=1S/C21H26BrN3O2/c1-23-18-8-3-15(22)13-19(18)24-11-2-9-21(14-24)10-12-25(20(21)27)16-4-6-17(26)7-5-16/h3,8,13,16-17,26H,2,4-7,9-12,14H2/t16?,17?,21-/m0/s1. The first-order valence-electron chi connectivity index (χ1n) is 9.93. The summed E-state index contributed by atoms with van der Waals surface area (Å²) >= 11 is 3.52. The number of hydrogen-bond acceptors (Lipinski definition) is 3. The van der Waals surface area contributed by atoms with Gasteiger partial charge in [0.25, 0.3) is 0 Å². The Morgan fingerprint density at radius 3 is 2.70 bits per heavy atom. The summed E-state index contributed by atoms with van der Waals surface area (Å²) in [6.45, 7) is 9.92. The van der Waals surface area contributed by atoms with Gasteiger partial charge in [-0.2, -0.15) is 0 Å². The molecule has 4 rings (SSSR count). The molecule has 1 N–H and O–H groups in total. The van der Waals surface area contributed by atoms with Crippen LogP contribution in [0.3, 0.4) is 0 Å². The lowest BCUT2D eigenvalue weighted by Crippen LogP contribution is -2.50. The first-order chi connectivity index (χ1) is 13.0. The number of nitrogens with zero attached hydrogens (tertiary/aromatic N) is 3. The molecule has 0 aromatic heterocycles. The van der Waals surface area contributed by atoms with E-state index in [4.69, 9.17) is 6.57 Å². The molecule has 0 unspecified atom stereocenters. The highest BCUT2D eigenvalue weighted by molar-refractivity contribution is 9.10. The van der Waals surface area contributed by atoms with Crippen LogP contribution >= 0.6 is 15.9 Å². The van der Waals surface area contributed by atoms with E-state index in [0.717, 1.165) is 68.2 Å². The van der Waals surface area contributed by atoms with Crippen LogP contribution in [0, 0.1) is 12.0 Å². The van der Waals surface area contributed by atoms with Gasteiger partial charge in [0, 0.05) is 35.8 Å². The van der Waals surface area contributed by atoms with Crippen LogP contribution in [0.5, 0.6) is 0 Å². The van der Waals surface area contributed by atoms with Gasteiger partial charge in [0.1, 0.15) is 0 Å². The Morgan fingerprint density at radius 2 is 1.96 bits per heavy atom. The third-order valence-corrected chi connectivity index (χ3v) is 7.12.